The van der Waals surface area contributed by atoms with Crippen LogP contribution < -0.4 is 15.0 Å². The Hall–Kier alpha value is -3.35. The number of nitrogens with one attached hydrogen (secondary N) is 1. The molecule has 1 aliphatic heterocycles. The van der Waals surface area contributed by atoms with Gasteiger partial charge < -0.3 is 19.7 Å². The van der Waals surface area contributed by atoms with Crippen LogP contribution in [0.2, 0.25) is 0 Å². The molecule has 0 bridgehead atoms. The van der Waals surface area contributed by atoms with Crippen molar-refractivity contribution < 1.29 is 23.9 Å². The van der Waals surface area contributed by atoms with E-state index < -0.39 is 11.9 Å². The maximum Gasteiger partial charge on any atom is 0.340 e. The molecule has 1 heterocycles. The van der Waals surface area contributed by atoms with E-state index in [1.807, 2.05) is 32.0 Å². The lowest BCUT2D eigenvalue weighted by Crippen LogP contribution is -2.29. The maximum absolute atomic E-state index is 12.9. The summed E-state index contributed by atoms with van der Waals surface area (Å²) in [4.78, 5) is 39.5. The number of nitrogens with zero attached hydrogens (tertiary/aromatic N) is 1. The molecule has 2 aromatic carbocycles. The minimum absolute atomic E-state index is 0.0893. The molecule has 1 fully saturated rings. The molecule has 0 saturated carbocycles. The first-order valence-corrected chi connectivity index (χ1v) is 10.5. The van der Waals surface area contributed by atoms with Gasteiger partial charge in [-0.25, -0.2) is 4.79 Å². The fraction of sp³-hybridized carbons (Fsp3) is 0.375. The summed E-state index contributed by atoms with van der Waals surface area (Å²) in [7, 11) is 1.55. The topological polar surface area (TPSA) is 84.9 Å². The number of carbonyl (C=O) groups is 3. The lowest BCUT2D eigenvalue weighted by molar-refractivity contribution is -0.122. The Morgan fingerprint density at radius 2 is 1.97 bits per heavy atom. The highest BCUT2D eigenvalue weighted by Crippen LogP contribution is 2.34. The van der Waals surface area contributed by atoms with Gasteiger partial charge in [-0.1, -0.05) is 31.5 Å². The van der Waals surface area contributed by atoms with Gasteiger partial charge in [0.05, 0.1) is 36.6 Å². The predicted molar refractivity (Wildman–Crippen MR) is 118 cm³/mol. The van der Waals surface area contributed by atoms with Gasteiger partial charge in [0, 0.05) is 13.0 Å². The second-order valence-corrected chi connectivity index (χ2v) is 7.61. The Bertz CT molecular complexity index is 972. The smallest absolute Gasteiger partial charge is 0.340 e. The van der Waals surface area contributed by atoms with Gasteiger partial charge in [0.2, 0.25) is 11.8 Å². The molecule has 31 heavy (non-hydrogen) atoms. The minimum atomic E-state index is -0.540. The number of aryl methyl sites for hydroxylation is 1. The number of para-hydroxylation sites is 1. The van der Waals surface area contributed by atoms with Crippen molar-refractivity contribution in [1.29, 1.82) is 0 Å². The third kappa shape index (κ3) is 5.23. The van der Waals surface area contributed by atoms with Gasteiger partial charge in [0.25, 0.3) is 0 Å². The Kier molecular flexibility index (Phi) is 7.28. The molecule has 7 nitrogen and oxygen atoms in total. The van der Waals surface area contributed by atoms with Crippen LogP contribution in [0.4, 0.5) is 11.4 Å². The molecule has 1 unspecified atom stereocenters. The summed E-state index contributed by atoms with van der Waals surface area (Å²) in [5.41, 5.74) is 2.33. The third-order valence-electron chi connectivity index (χ3n) is 5.26. The molecule has 0 spiro atoms. The third-order valence-corrected chi connectivity index (χ3v) is 5.26. The average Bonchev–Trinajstić information content (AvgIpc) is 3.15. The van der Waals surface area contributed by atoms with Crippen LogP contribution >= 0.6 is 0 Å². The fourth-order valence-corrected chi connectivity index (χ4v) is 3.52. The number of ether oxygens (including phenoxy) is 2. The number of amides is 2. The van der Waals surface area contributed by atoms with E-state index >= 15 is 0 Å². The van der Waals surface area contributed by atoms with E-state index in [-0.39, 0.29) is 24.8 Å². The molecule has 3 rings (SSSR count). The average molecular weight is 424 g/mol. The van der Waals surface area contributed by atoms with Crippen molar-refractivity contribution in [2.45, 2.75) is 33.1 Å². The zero-order chi connectivity index (χ0) is 22.4. The lowest BCUT2D eigenvalue weighted by Gasteiger charge is -2.20. The molecule has 1 saturated heterocycles. The fourth-order valence-electron chi connectivity index (χ4n) is 3.52. The summed E-state index contributed by atoms with van der Waals surface area (Å²) in [6, 6.07) is 12.3. The Labute approximate surface area is 182 Å². The lowest BCUT2D eigenvalue weighted by atomic mass is 10.1. The quantitative estimate of drug-likeness (QED) is 0.512. The van der Waals surface area contributed by atoms with E-state index in [4.69, 9.17) is 9.47 Å². The van der Waals surface area contributed by atoms with Crippen LogP contribution in [0.1, 0.15) is 42.1 Å². The number of hydrogen-bond acceptors (Lipinski definition) is 5. The Morgan fingerprint density at radius 1 is 1.19 bits per heavy atom. The van der Waals surface area contributed by atoms with E-state index in [2.05, 4.69) is 5.32 Å². The van der Waals surface area contributed by atoms with Crippen molar-refractivity contribution in [3.63, 3.8) is 0 Å². The SMILES string of the molecule is CCCCOC(=O)c1ccccc1NC(=O)C1CC(=O)N(c2cc(C)ccc2OC)C1. The van der Waals surface area contributed by atoms with Gasteiger partial charge in [-0.3, -0.25) is 9.59 Å². The van der Waals surface area contributed by atoms with Crippen LogP contribution in [-0.2, 0) is 14.3 Å². The van der Waals surface area contributed by atoms with E-state index in [0.717, 1.165) is 18.4 Å². The summed E-state index contributed by atoms with van der Waals surface area (Å²) >= 11 is 0. The molecule has 0 radical (unpaired) electrons. The van der Waals surface area contributed by atoms with Crippen molar-refractivity contribution in [2.75, 3.05) is 30.5 Å². The molecular weight excluding hydrogens is 396 g/mol. The van der Waals surface area contributed by atoms with Crippen LogP contribution in [0.3, 0.4) is 0 Å². The predicted octanol–water partition coefficient (Wildman–Crippen LogP) is 3.95. The van der Waals surface area contributed by atoms with E-state index in [0.29, 0.717) is 29.3 Å². The zero-order valence-corrected chi connectivity index (χ0v) is 18.1. The number of hydrogen-bond donors (Lipinski definition) is 1. The van der Waals surface area contributed by atoms with Crippen LogP contribution in [0, 0.1) is 12.8 Å². The summed E-state index contributed by atoms with van der Waals surface area (Å²) in [6.45, 7) is 4.53. The number of esters is 1. The van der Waals surface area contributed by atoms with Crippen LogP contribution in [0.5, 0.6) is 5.75 Å². The molecule has 0 aliphatic carbocycles. The molecule has 1 atom stereocenters. The molecule has 1 aliphatic rings. The van der Waals surface area contributed by atoms with Crippen molar-refractivity contribution in [3.05, 3.63) is 53.6 Å². The molecule has 2 amide bonds. The van der Waals surface area contributed by atoms with Crippen molar-refractivity contribution in [1.82, 2.24) is 0 Å². The Morgan fingerprint density at radius 3 is 2.71 bits per heavy atom. The zero-order valence-electron chi connectivity index (χ0n) is 18.1. The highest BCUT2D eigenvalue weighted by molar-refractivity contribution is 6.06. The van der Waals surface area contributed by atoms with Crippen LogP contribution in [0.15, 0.2) is 42.5 Å². The molecule has 1 N–H and O–H groups in total. The first-order chi connectivity index (χ1) is 14.9. The Balaban J connectivity index is 1.72. The first kappa shape index (κ1) is 22.3. The number of unbranched alkanes of at least 4 members (excludes halogenated alkanes) is 1. The van der Waals surface area contributed by atoms with Gasteiger partial charge in [0.1, 0.15) is 5.75 Å². The van der Waals surface area contributed by atoms with Crippen molar-refractivity contribution in [3.8, 4) is 5.75 Å². The molecule has 0 aromatic heterocycles. The molecular formula is C24H28N2O5. The van der Waals surface area contributed by atoms with E-state index in [1.54, 1.807) is 36.3 Å². The molecule has 2 aromatic rings. The normalized spacial score (nSPS) is 15.6. The van der Waals surface area contributed by atoms with E-state index in [9.17, 15) is 14.4 Å². The van der Waals surface area contributed by atoms with Gasteiger partial charge in [-0.05, 0) is 43.2 Å². The first-order valence-electron chi connectivity index (χ1n) is 10.5. The van der Waals surface area contributed by atoms with Crippen LogP contribution in [-0.4, -0.2) is 38.0 Å². The highest BCUT2D eigenvalue weighted by Gasteiger charge is 2.36. The number of anilines is 2. The molecule has 164 valence electrons. The van der Waals surface area contributed by atoms with Gasteiger partial charge in [-0.15, -0.1) is 0 Å². The van der Waals surface area contributed by atoms with Crippen molar-refractivity contribution >= 4 is 29.2 Å². The monoisotopic (exact) mass is 424 g/mol. The van der Waals surface area contributed by atoms with Gasteiger partial charge in [0.15, 0.2) is 0 Å². The second kappa shape index (κ2) is 10.1. The molecule has 7 heteroatoms. The summed E-state index contributed by atoms with van der Waals surface area (Å²) in [5, 5.41) is 2.81. The number of benzene rings is 2. The van der Waals surface area contributed by atoms with Gasteiger partial charge >= 0.3 is 5.97 Å². The second-order valence-electron chi connectivity index (χ2n) is 7.61. The van der Waals surface area contributed by atoms with E-state index in [1.165, 1.54) is 0 Å². The summed E-state index contributed by atoms with van der Waals surface area (Å²) in [5.74, 6) is -0.882. The maximum atomic E-state index is 12.9. The number of carbonyl (C=O) groups excluding carboxylic acids is 3. The summed E-state index contributed by atoms with van der Waals surface area (Å²) in [6.07, 6.45) is 1.79. The van der Waals surface area contributed by atoms with Crippen LogP contribution in [0.25, 0.3) is 0 Å². The van der Waals surface area contributed by atoms with Crippen molar-refractivity contribution in [2.24, 2.45) is 5.92 Å². The van der Waals surface area contributed by atoms with Gasteiger partial charge in [-0.2, -0.15) is 0 Å². The standard InChI is InChI=1S/C24H28N2O5/c1-4-5-12-31-24(29)18-8-6-7-9-19(18)25-23(28)17-14-22(27)26(15-17)20-13-16(2)10-11-21(20)30-3/h6-11,13,17H,4-5,12,14-15H2,1-3H3,(H,25,28). The largest absolute Gasteiger partial charge is 0.495 e. The highest BCUT2D eigenvalue weighted by atomic mass is 16.5. The summed E-state index contributed by atoms with van der Waals surface area (Å²) < 4.78 is 10.7. The number of methoxy groups -OCH3 is 1. The number of rotatable bonds is 8. The minimum Gasteiger partial charge on any atom is -0.495 e.